The van der Waals surface area contributed by atoms with Crippen LogP contribution in [0.25, 0.3) is 0 Å². The Balaban J connectivity index is 1.79. The molecule has 0 N–H and O–H groups in total. The third-order valence-corrected chi connectivity index (χ3v) is 4.89. The zero-order valence-corrected chi connectivity index (χ0v) is 14.1. The Bertz CT molecular complexity index is 478. The second kappa shape index (κ2) is 8.89. The molecule has 21 heavy (non-hydrogen) atoms. The summed E-state index contributed by atoms with van der Waals surface area (Å²) in [4.78, 5) is 2.42. The van der Waals surface area contributed by atoms with Gasteiger partial charge in [0, 0.05) is 12.0 Å². The third kappa shape index (κ3) is 5.21. The number of aryl methyl sites for hydroxylation is 1. The number of allylic oxidation sites excluding steroid dienone is 3. The van der Waals surface area contributed by atoms with E-state index in [4.69, 9.17) is 4.74 Å². The van der Waals surface area contributed by atoms with E-state index in [1.165, 1.54) is 23.6 Å². The smallest absolute Gasteiger partial charge is 0.119 e. The van der Waals surface area contributed by atoms with Gasteiger partial charge in [-0.15, -0.1) is 0 Å². The van der Waals surface area contributed by atoms with Gasteiger partial charge in [0.25, 0.3) is 0 Å². The molecule has 0 radical (unpaired) electrons. The average Bonchev–Trinajstić information content (AvgIpc) is 2.54. The van der Waals surface area contributed by atoms with Crippen molar-refractivity contribution >= 4 is 8.58 Å². The zero-order valence-electron chi connectivity index (χ0n) is 13.1. The van der Waals surface area contributed by atoms with Gasteiger partial charge in [0.05, 0.1) is 6.54 Å². The third-order valence-electron chi connectivity index (χ3n) is 3.61. The first-order chi connectivity index (χ1) is 10.3. The summed E-state index contributed by atoms with van der Waals surface area (Å²) in [6.07, 6.45) is 10.2. The van der Waals surface area contributed by atoms with Gasteiger partial charge in [-0.2, -0.15) is 0 Å². The van der Waals surface area contributed by atoms with E-state index in [1.807, 2.05) is 0 Å². The molecule has 0 saturated carbocycles. The van der Waals surface area contributed by atoms with Gasteiger partial charge in [0.15, 0.2) is 0 Å². The van der Waals surface area contributed by atoms with Crippen molar-refractivity contribution in [1.82, 2.24) is 4.90 Å². The van der Waals surface area contributed by atoms with E-state index in [-0.39, 0.29) is 0 Å². The average molecular weight is 303 g/mol. The highest BCUT2D eigenvalue weighted by Crippen LogP contribution is 2.29. The van der Waals surface area contributed by atoms with E-state index in [0.717, 1.165) is 40.4 Å². The predicted molar refractivity (Wildman–Crippen MR) is 93.6 cm³/mol. The maximum absolute atomic E-state index is 5.88. The fourth-order valence-corrected chi connectivity index (χ4v) is 3.60. The molecule has 2 rings (SSSR count). The van der Waals surface area contributed by atoms with Crippen LogP contribution in [0, 0.1) is 0 Å². The van der Waals surface area contributed by atoms with Crippen LogP contribution in [0.5, 0.6) is 5.75 Å². The minimum absolute atomic E-state index is 0.743. The molecule has 0 spiro atoms. The molecule has 0 bridgehead atoms. The van der Waals surface area contributed by atoms with Crippen LogP contribution < -0.4 is 4.74 Å². The van der Waals surface area contributed by atoms with Crippen molar-refractivity contribution in [3.8, 4) is 5.75 Å². The van der Waals surface area contributed by atoms with Crippen molar-refractivity contribution in [2.24, 2.45) is 0 Å². The van der Waals surface area contributed by atoms with Crippen LogP contribution in [0.2, 0.25) is 0 Å². The Labute approximate surface area is 130 Å². The number of rotatable bonds is 8. The topological polar surface area (TPSA) is 12.5 Å². The quantitative estimate of drug-likeness (QED) is 0.659. The summed E-state index contributed by atoms with van der Waals surface area (Å²) in [5, 5.41) is 0. The Kier molecular flexibility index (Phi) is 6.82. The minimum atomic E-state index is 0.743. The van der Waals surface area contributed by atoms with Crippen LogP contribution in [0.4, 0.5) is 0 Å². The molecule has 114 valence electrons. The molecule has 0 saturated heterocycles. The molecule has 1 unspecified atom stereocenters. The van der Waals surface area contributed by atoms with Gasteiger partial charge in [0.2, 0.25) is 0 Å². The molecule has 0 aromatic heterocycles. The number of nitrogens with zero attached hydrogens (tertiary/aromatic N) is 1. The molecule has 2 nitrogen and oxygen atoms in total. The Morgan fingerprint density at radius 1 is 1.19 bits per heavy atom. The molecule has 0 amide bonds. The van der Waals surface area contributed by atoms with E-state index < -0.39 is 0 Å². The van der Waals surface area contributed by atoms with Crippen molar-refractivity contribution in [3.05, 3.63) is 53.5 Å². The van der Waals surface area contributed by atoms with Gasteiger partial charge in [0.1, 0.15) is 12.4 Å². The van der Waals surface area contributed by atoms with Crippen LogP contribution in [0.1, 0.15) is 25.8 Å². The normalized spacial score (nSPS) is 15.0. The molecule has 1 heterocycles. The number of hydrogen-bond acceptors (Lipinski definition) is 2. The highest BCUT2D eigenvalue weighted by atomic mass is 31.1. The number of ether oxygens (including phenoxy) is 1. The molecular weight excluding hydrogens is 277 g/mol. The summed E-state index contributed by atoms with van der Waals surface area (Å²) in [6.45, 7) is 7.17. The van der Waals surface area contributed by atoms with E-state index >= 15 is 0 Å². The number of likely N-dealkylation sites (N-methyl/N-ethyl adjacent to an activating group) is 1. The van der Waals surface area contributed by atoms with Gasteiger partial charge < -0.3 is 9.64 Å². The molecular formula is C18H26NOP. The lowest BCUT2D eigenvalue weighted by molar-refractivity contribution is 0.256. The SMILES string of the molecule is CCCc1ccc(OCCN(CC)C2=CC=CCP2)cc1. The lowest BCUT2D eigenvalue weighted by Gasteiger charge is -2.26. The predicted octanol–water partition coefficient (Wildman–Crippen LogP) is 4.43. The van der Waals surface area contributed by atoms with Gasteiger partial charge in [-0.1, -0.05) is 46.2 Å². The second-order valence-corrected chi connectivity index (χ2v) is 6.46. The van der Waals surface area contributed by atoms with Crippen LogP contribution in [0.15, 0.2) is 47.9 Å². The van der Waals surface area contributed by atoms with Gasteiger partial charge >= 0.3 is 0 Å². The van der Waals surface area contributed by atoms with Crippen LogP contribution in [0.3, 0.4) is 0 Å². The van der Waals surface area contributed by atoms with Crippen molar-refractivity contribution in [1.29, 1.82) is 0 Å². The van der Waals surface area contributed by atoms with Crippen molar-refractivity contribution in [2.45, 2.75) is 26.7 Å². The largest absolute Gasteiger partial charge is 0.492 e. The second-order valence-electron chi connectivity index (χ2n) is 5.18. The standard InChI is InChI=1S/C18H26NOP/c1-3-7-16-9-11-17(12-10-16)20-14-13-19(4-2)18-8-5-6-15-21-18/h5-6,8-12,21H,3-4,7,13-15H2,1-2H3. The molecule has 3 heteroatoms. The Morgan fingerprint density at radius 3 is 2.62 bits per heavy atom. The summed E-state index contributed by atoms with van der Waals surface area (Å²) < 4.78 is 5.88. The molecule has 1 aromatic carbocycles. The Hall–Kier alpha value is -1.27. The number of benzene rings is 1. The Morgan fingerprint density at radius 2 is 2.00 bits per heavy atom. The van der Waals surface area contributed by atoms with E-state index in [2.05, 4.69) is 61.2 Å². The van der Waals surface area contributed by atoms with Crippen LogP contribution in [-0.2, 0) is 6.42 Å². The van der Waals surface area contributed by atoms with Crippen molar-refractivity contribution in [2.75, 3.05) is 25.9 Å². The first-order valence-corrected chi connectivity index (χ1v) is 9.11. The van der Waals surface area contributed by atoms with Crippen LogP contribution in [-0.4, -0.2) is 30.8 Å². The highest BCUT2D eigenvalue weighted by molar-refractivity contribution is 7.43. The summed E-state index contributed by atoms with van der Waals surface area (Å²) in [6, 6.07) is 8.52. The maximum atomic E-state index is 5.88. The molecule has 1 aromatic rings. The van der Waals surface area contributed by atoms with Gasteiger partial charge in [-0.25, -0.2) is 0 Å². The minimum Gasteiger partial charge on any atom is -0.492 e. The van der Waals surface area contributed by atoms with Crippen LogP contribution >= 0.6 is 8.58 Å². The maximum Gasteiger partial charge on any atom is 0.119 e. The van der Waals surface area contributed by atoms with E-state index in [0.29, 0.717) is 0 Å². The first-order valence-electron chi connectivity index (χ1n) is 7.91. The number of hydrogen-bond donors (Lipinski definition) is 0. The fourth-order valence-electron chi connectivity index (χ4n) is 2.43. The highest BCUT2D eigenvalue weighted by Gasteiger charge is 2.08. The summed E-state index contributed by atoms with van der Waals surface area (Å²) in [7, 11) is 0.900. The molecule has 0 aliphatic carbocycles. The van der Waals surface area contributed by atoms with E-state index in [1.54, 1.807) is 0 Å². The molecule has 1 aliphatic rings. The zero-order chi connectivity index (χ0) is 14.9. The summed E-state index contributed by atoms with van der Waals surface area (Å²) >= 11 is 0. The lowest BCUT2D eigenvalue weighted by atomic mass is 10.1. The monoisotopic (exact) mass is 303 g/mol. The van der Waals surface area contributed by atoms with Gasteiger partial charge in [-0.05, 0) is 43.3 Å². The van der Waals surface area contributed by atoms with Crippen molar-refractivity contribution in [3.63, 3.8) is 0 Å². The lowest BCUT2D eigenvalue weighted by Crippen LogP contribution is -2.26. The first kappa shape index (κ1) is 16.1. The van der Waals surface area contributed by atoms with Gasteiger partial charge in [-0.3, -0.25) is 0 Å². The molecule has 0 fully saturated rings. The van der Waals surface area contributed by atoms with Crippen molar-refractivity contribution < 1.29 is 4.74 Å². The fraction of sp³-hybridized carbons (Fsp3) is 0.444. The van der Waals surface area contributed by atoms with E-state index in [9.17, 15) is 0 Å². The molecule has 1 aliphatic heterocycles. The summed E-state index contributed by atoms with van der Waals surface area (Å²) in [5.41, 5.74) is 2.85. The molecule has 1 atom stereocenters. The summed E-state index contributed by atoms with van der Waals surface area (Å²) in [5.74, 6) is 0.978.